The second kappa shape index (κ2) is 10.4. The maximum Gasteiger partial charge on any atom is 0.322 e. The normalized spacial score (nSPS) is 15.6. The molecule has 1 aromatic heterocycles. The van der Waals surface area contributed by atoms with E-state index in [0.717, 1.165) is 47.8 Å². The number of hydrogen-bond donors (Lipinski definition) is 1. The molecule has 3 heterocycles. The second-order valence-electron chi connectivity index (χ2n) is 8.95. The summed E-state index contributed by atoms with van der Waals surface area (Å²) in [6.45, 7) is 5.87. The van der Waals surface area contributed by atoms with Crippen molar-refractivity contribution in [1.82, 2.24) is 14.9 Å². The van der Waals surface area contributed by atoms with E-state index in [4.69, 9.17) is 14.7 Å². The number of hydrogen-bond acceptors (Lipinski definition) is 5. The number of amides is 2. The number of rotatable bonds is 5. The van der Waals surface area contributed by atoms with Crippen LogP contribution in [0, 0.1) is 5.82 Å². The van der Waals surface area contributed by atoms with E-state index < -0.39 is 0 Å². The lowest BCUT2D eigenvalue weighted by molar-refractivity contribution is 0.122. The minimum atomic E-state index is -0.264. The maximum atomic E-state index is 13.7. The molecule has 2 aromatic carbocycles. The van der Waals surface area contributed by atoms with Gasteiger partial charge in [-0.05, 0) is 41.8 Å². The van der Waals surface area contributed by atoms with Crippen LogP contribution in [0.25, 0.3) is 0 Å². The number of aryl methyl sites for hydroxylation is 1. The molecule has 0 aliphatic carbocycles. The van der Waals surface area contributed by atoms with E-state index in [0.29, 0.717) is 45.0 Å². The average molecular weight is 476 g/mol. The predicted octanol–water partition coefficient (Wildman–Crippen LogP) is 4.20. The average Bonchev–Trinajstić information content (AvgIpc) is 2.89. The molecule has 1 N–H and O–H groups in total. The van der Waals surface area contributed by atoms with Crippen LogP contribution < -0.4 is 10.2 Å². The van der Waals surface area contributed by atoms with Gasteiger partial charge in [-0.3, -0.25) is 0 Å². The van der Waals surface area contributed by atoms with Gasteiger partial charge in [0.1, 0.15) is 17.5 Å². The van der Waals surface area contributed by atoms with Crippen LogP contribution in [-0.2, 0) is 30.5 Å². The number of halogens is 1. The van der Waals surface area contributed by atoms with Crippen molar-refractivity contribution < 1.29 is 13.9 Å². The Labute approximate surface area is 204 Å². The fourth-order valence-corrected chi connectivity index (χ4v) is 4.59. The van der Waals surface area contributed by atoms with Gasteiger partial charge in [-0.2, -0.15) is 0 Å². The predicted molar refractivity (Wildman–Crippen MR) is 133 cm³/mol. The molecule has 2 aliphatic heterocycles. The minimum Gasteiger partial charge on any atom is -0.378 e. The summed E-state index contributed by atoms with van der Waals surface area (Å²) in [5.74, 6) is 1.26. The molecule has 35 heavy (non-hydrogen) atoms. The highest BCUT2D eigenvalue weighted by molar-refractivity contribution is 5.89. The van der Waals surface area contributed by atoms with Crippen molar-refractivity contribution in [2.75, 3.05) is 43.1 Å². The molecular formula is C27H30FN5O2. The van der Waals surface area contributed by atoms with E-state index in [9.17, 15) is 9.18 Å². The summed E-state index contributed by atoms with van der Waals surface area (Å²) < 4.78 is 19.3. The largest absolute Gasteiger partial charge is 0.378 e. The van der Waals surface area contributed by atoms with Crippen molar-refractivity contribution in [2.45, 2.75) is 32.7 Å². The van der Waals surface area contributed by atoms with Crippen molar-refractivity contribution in [3.8, 4) is 0 Å². The summed E-state index contributed by atoms with van der Waals surface area (Å²) in [5.41, 5.74) is 4.80. The van der Waals surface area contributed by atoms with Crippen molar-refractivity contribution in [1.29, 1.82) is 0 Å². The van der Waals surface area contributed by atoms with Crippen LogP contribution in [0.1, 0.15) is 35.1 Å². The van der Waals surface area contributed by atoms with Crippen LogP contribution >= 0.6 is 0 Å². The zero-order valence-electron chi connectivity index (χ0n) is 20.0. The van der Waals surface area contributed by atoms with Gasteiger partial charge in [0.25, 0.3) is 0 Å². The lowest BCUT2D eigenvalue weighted by Gasteiger charge is -2.34. The molecule has 0 radical (unpaired) electrons. The summed E-state index contributed by atoms with van der Waals surface area (Å²) in [4.78, 5) is 26.8. The first kappa shape index (κ1) is 23.2. The smallest absolute Gasteiger partial charge is 0.322 e. The Morgan fingerprint density at radius 2 is 1.86 bits per heavy atom. The van der Waals surface area contributed by atoms with Gasteiger partial charge in [0.15, 0.2) is 0 Å². The number of carbonyl (C=O) groups excluding carboxylic acids is 1. The number of morpholine rings is 1. The van der Waals surface area contributed by atoms with Gasteiger partial charge in [-0.1, -0.05) is 31.2 Å². The van der Waals surface area contributed by atoms with E-state index >= 15 is 0 Å². The fraction of sp³-hybridized carbons (Fsp3) is 0.370. The van der Waals surface area contributed by atoms with Gasteiger partial charge in [-0.25, -0.2) is 19.2 Å². The number of ether oxygens (including phenoxy) is 1. The maximum absolute atomic E-state index is 13.7. The van der Waals surface area contributed by atoms with E-state index in [-0.39, 0.29) is 11.8 Å². The standard InChI is InChI=1S/C27H30FN5O2/c1-2-19-6-8-22(9-7-19)29-27(34)33-11-10-24-23(18-33)26(32-12-14-35-15-13-32)31-25(30-24)17-20-4-3-5-21(28)16-20/h3-9,16H,2,10-15,17-18H2,1H3,(H,29,34). The highest BCUT2D eigenvalue weighted by atomic mass is 19.1. The van der Waals surface area contributed by atoms with Gasteiger partial charge in [0.2, 0.25) is 0 Å². The molecule has 0 spiro atoms. The first-order valence-electron chi connectivity index (χ1n) is 12.2. The SMILES string of the molecule is CCc1ccc(NC(=O)N2CCc3nc(Cc4cccc(F)c4)nc(N4CCOCC4)c3C2)cc1. The van der Waals surface area contributed by atoms with Crippen molar-refractivity contribution in [2.24, 2.45) is 0 Å². The van der Waals surface area contributed by atoms with Gasteiger partial charge in [-0.15, -0.1) is 0 Å². The van der Waals surface area contributed by atoms with Crippen LogP contribution in [0.15, 0.2) is 48.5 Å². The number of fused-ring (bicyclic) bond motifs is 1. The molecule has 0 atom stereocenters. The van der Waals surface area contributed by atoms with E-state index in [1.54, 1.807) is 6.07 Å². The molecule has 0 bridgehead atoms. The first-order chi connectivity index (χ1) is 17.1. The Morgan fingerprint density at radius 1 is 1.06 bits per heavy atom. The highest BCUT2D eigenvalue weighted by Gasteiger charge is 2.28. The summed E-state index contributed by atoms with van der Waals surface area (Å²) in [6, 6.07) is 14.4. The quantitative estimate of drug-likeness (QED) is 0.599. The van der Waals surface area contributed by atoms with Gasteiger partial charge in [0.05, 0.1) is 25.5 Å². The van der Waals surface area contributed by atoms with Crippen LogP contribution in [0.4, 0.5) is 20.7 Å². The molecule has 0 unspecified atom stereocenters. The Bertz CT molecular complexity index is 1190. The molecule has 182 valence electrons. The van der Waals surface area contributed by atoms with Gasteiger partial charge < -0.3 is 19.9 Å². The van der Waals surface area contributed by atoms with Crippen LogP contribution in [0.5, 0.6) is 0 Å². The molecule has 8 heteroatoms. The lowest BCUT2D eigenvalue weighted by Crippen LogP contribution is -2.42. The summed E-state index contributed by atoms with van der Waals surface area (Å²) in [7, 11) is 0. The summed E-state index contributed by atoms with van der Waals surface area (Å²) in [6.07, 6.45) is 2.07. The van der Waals surface area contributed by atoms with Crippen molar-refractivity contribution in [3.63, 3.8) is 0 Å². The number of nitrogens with zero attached hydrogens (tertiary/aromatic N) is 4. The first-order valence-corrected chi connectivity index (χ1v) is 12.2. The molecule has 1 fully saturated rings. The van der Waals surface area contributed by atoms with Gasteiger partial charge >= 0.3 is 6.03 Å². The van der Waals surface area contributed by atoms with Crippen LogP contribution in [-0.4, -0.2) is 53.7 Å². The number of carbonyl (C=O) groups is 1. The Balaban J connectivity index is 1.39. The van der Waals surface area contributed by atoms with Crippen molar-refractivity contribution >= 4 is 17.5 Å². The van der Waals surface area contributed by atoms with Crippen LogP contribution in [0.2, 0.25) is 0 Å². The molecule has 5 rings (SSSR count). The lowest BCUT2D eigenvalue weighted by atomic mass is 10.0. The van der Waals surface area contributed by atoms with Crippen molar-refractivity contribution in [3.05, 3.63) is 82.6 Å². The molecule has 1 saturated heterocycles. The molecule has 2 amide bonds. The molecular weight excluding hydrogens is 445 g/mol. The van der Waals surface area contributed by atoms with Gasteiger partial charge in [0, 0.05) is 43.7 Å². The van der Waals surface area contributed by atoms with E-state index in [1.165, 1.54) is 17.7 Å². The Morgan fingerprint density at radius 3 is 2.60 bits per heavy atom. The molecule has 7 nitrogen and oxygen atoms in total. The number of benzene rings is 2. The van der Waals surface area contributed by atoms with E-state index in [2.05, 4.69) is 17.1 Å². The molecule has 3 aromatic rings. The third kappa shape index (κ3) is 5.43. The second-order valence-corrected chi connectivity index (χ2v) is 8.95. The van der Waals surface area contributed by atoms with E-state index in [1.807, 2.05) is 35.2 Å². The number of nitrogens with one attached hydrogen (secondary N) is 1. The number of anilines is 2. The molecule has 0 saturated carbocycles. The minimum absolute atomic E-state index is 0.128. The topological polar surface area (TPSA) is 70.6 Å². The highest BCUT2D eigenvalue weighted by Crippen LogP contribution is 2.28. The van der Waals surface area contributed by atoms with Crippen LogP contribution in [0.3, 0.4) is 0 Å². The zero-order valence-corrected chi connectivity index (χ0v) is 20.0. The monoisotopic (exact) mass is 475 g/mol. The molecule has 2 aliphatic rings. The fourth-order valence-electron chi connectivity index (χ4n) is 4.59. The third-order valence-corrected chi connectivity index (χ3v) is 6.55. The summed E-state index contributed by atoms with van der Waals surface area (Å²) in [5, 5.41) is 3.02. The third-order valence-electron chi connectivity index (χ3n) is 6.55. The Hall–Kier alpha value is -3.52. The number of aromatic nitrogens is 2. The number of urea groups is 1. The summed E-state index contributed by atoms with van der Waals surface area (Å²) >= 11 is 0. The Kier molecular flexibility index (Phi) is 6.90. The zero-order chi connectivity index (χ0) is 24.2.